The van der Waals surface area contributed by atoms with Crippen LogP contribution in [0.25, 0.3) is 0 Å². The molecule has 1 aliphatic heterocycles. The van der Waals surface area contributed by atoms with E-state index in [1.807, 2.05) is 6.07 Å². The highest BCUT2D eigenvalue weighted by Crippen LogP contribution is 2.15. The zero-order chi connectivity index (χ0) is 16.2. The quantitative estimate of drug-likeness (QED) is 0.825. The van der Waals surface area contributed by atoms with Gasteiger partial charge in [0.05, 0.1) is 24.7 Å². The lowest BCUT2D eigenvalue weighted by molar-refractivity contribution is 0.00296. The molecule has 3 heterocycles. The van der Waals surface area contributed by atoms with Gasteiger partial charge in [0.15, 0.2) is 0 Å². The van der Waals surface area contributed by atoms with Crippen molar-refractivity contribution in [1.29, 1.82) is 0 Å². The molecule has 0 radical (unpaired) electrons. The Hall–Kier alpha value is -1.96. The number of furan rings is 1. The Balaban J connectivity index is 1.48. The first-order chi connectivity index (χ1) is 11.1. The van der Waals surface area contributed by atoms with Gasteiger partial charge >= 0.3 is 0 Å². The maximum atomic E-state index is 11.7. The fraction of sp³-hybridized carbons (Fsp3) is 0.500. The number of hydrogen-bond acceptors (Lipinski definition) is 6. The molecule has 2 aromatic heterocycles. The fourth-order valence-corrected chi connectivity index (χ4v) is 2.75. The van der Waals surface area contributed by atoms with Crippen molar-refractivity contribution in [1.82, 2.24) is 14.7 Å². The Bertz CT molecular complexity index is 696. The molecule has 0 spiro atoms. The van der Waals surface area contributed by atoms with Crippen LogP contribution in [0.15, 0.2) is 33.7 Å². The van der Waals surface area contributed by atoms with E-state index in [-0.39, 0.29) is 12.2 Å². The Morgan fingerprint density at radius 2 is 2.39 bits per heavy atom. The van der Waals surface area contributed by atoms with Crippen molar-refractivity contribution in [3.63, 3.8) is 0 Å². The maximum Gasteiger partial charge on any atom is 0.266 e. The van der Waals surface area contributed by atoms with Crippen molar-refractivity contribution in [2.45, 2.75) is 25.7 Å². The Morgan fingerprint density at radius 3 is 3.17 bits per heavy atom. The number of aliphatic hydroxyl groups is 1. The Labute approximate surface area is 134 Å². The number of β-amino-alcohol motifs (C(OH)–C–C–N with tert-alkyl or cyclic N) is 1. The average molecular weight is 319 g/mol. The van der Waals surface area contributed by atoms with E-state index in [9.17, 15) is 9.90 Å². The number of rotatable bonds is 6. The molecule has 0 bridgehead atoms. The highest BCUT2D eigenvalue weighted by atomic mass is 16.5. The number of ether oxygens (including phenoxy) is 1. The molecular formula is C16H21N3O4. The number of aromatic nitrogens is 2. The van der Waals surface area contributed by atoms with Gasteiger partial charge in [-0.1, -0.05) is 0 Å². The lowest BCUT2D eigenvalue weighted by Crippen LogP contribution is -2.39. The minimum atomic E-state index is -0.578. The molecule has 7 heteroatoms. The summed E-state index contributed by atoms with van der Waals surface area (Å²) in [5, 5.41) is 14.4. The van der Waals surface area contributed by atoms with Crippen LogP contribution in [0.1, 0.15) is 17.0 Å². The van der Waals surface area contributed by atoms with Gasteiger partial charge in [-0.2, -0.15) is 5.10 Å². The molecule has 0 amide bonds. The molecule has 3 rings (SSSR count). The molecular weight excluding hydrogens is 298 g/mol. The first kappa shape index (κ1) is 15.9. The van der Waals surface area contributed by atoms with Gasteiger partial charge in [0, 0.05) is 39.2 Å². The Kier molecular flexibility index (Phi) is 4.90. The number of aryl methyl sites for hydroxylation is 1. The highest BCUT2D eigenvalue weighted by Gasteiger charge is 2.20. The molecule has 1 atom stereocenters. The second kappa shape index (κ2) is 7.08. The van der Waals surface area contributed by atoms with Crippen LogP contribution < -0.4 is 5.56 Å². The topological polar surface area (TPSA) is 80.7 Å². The third kappa shape index (κ3) is 4.07. The molecule has 0 aliphatic carbocycles. The smallest absolute Gasteiger partial charge is 0.266 e. The molecule has 1 aliphatic rings. The van der Waals surface area contributed by atoms with Gasteiger partial charge in [-0.3, -0.25) is 9.69 Å². The molecule has 0 unspecified atom stereocenters. The van der Waals surface area contributed by atoms with E-state index < -0.39 is 6.10 Å². The predicted molar refractivity (Wildman–Crippen MR) is 82.8 cm³/mol. The van der Waals surface area contributed by atoms with Crippen LogP contribution in [0, 0.1) is 0 Å². The standard InChI is InChI=1S/C16H21N3O4/c1-18-16(21)7-12-8-19(5-4-15(12)17-18)9-13(20)10-22-11-14-3-2-6-23-14/h2-3,6-7,13,20H,4-5,8-11H2,1H3/t13-/m0/s1. The van der Waals surface area contributed by atoms with Gasteiger partial charge in [0.2, 0.25) is 0 Å². The number of fused-ring (bicyclic) bond motifs is 1. The summed E-state index contributed by atoms with van der Waals surface area (Å²) in [7, 11) is 1.66. The average Bonchev–Trinajstić information content (AvgIpc) is 3.02. The molecule has 0 saturated carbocycles. The summed E-state index contributed by atoms with van der Waals surface area (Å²) in [5.74, 6) is 0.742. The SMILES string of the molecule is Cn1nc2c(cc1=O)CN(C[C@H](O)COCc1ccco1)CC2. The van der Waals surface area contributed by atoms with Gasteiger partial charge in [0.1, 0.15) is 12.4 Å². The van der Waals surface area contributed by atoms with Crippen LogP contribution in [-0.2, 0) is 31.4 Å². The van der Waals surface area contributed by atoms with Crippen LogP contribution in [-0.4, -0.2) is 45.6 Å². The molecule has 0 aromatic carbocycles. The van der Waals surface area contributed by atoms with E-state index in [2.05, 4.69) is 10.00 Å². The lowest BCUT2D eigenvalue weighted by Gasteiger charge is -2.29. The summed E-state index contributed by atoms with van der Waals surface area (Å²) in [5.41, 5.74) is 1.81. The minimum Gasteiger partial charge on any atom is -0.467 e. The summed E-state index contributed by atoms with van der Waals surface area (Å²) in [6.07, 6.45) is 1.80. The zero-order valence-corrected chi connectivity index (χ0v) is 13.1. The molecule has 1 N–H and O–H groups in total. The second-order valence-electron chi connectivity index (χ2n) is 5.81. The van der Waals surface area contributed by atoms with Crippen LogP contribution in [0.4, 0.5) is 0 Å². The number of nitrogens with zero attached hydrogens (tertiary/aromatic N) is 3. The molecule has 0 saturated heterocycles. The van der Waals surface area contributed by atoms with Crippen molar-refractivity contribution >= 4 is 0 Å². The van der Waals surface area contributed by atoms with Crippen LogP contribution in [0.5, 0.6) is 0 Å². The Morgan fingerprint density at radius 1 is 1.52 bits per heavy atom. The van der Waals surface area contributed by atoms with E-state index in [0.29, 0.717) is 19.7 Å². The number of aliphatic hydroxyl groups excluding tert-OH is 1. The normalized spacial score (nSPS) is 16.3. The molecule has 23 heavy (non-hydrogen) atoms. The largest absolute Gasteiger partial charge is 0.467 e. The summed E-state index contributed by atoms with van der Waals surface area (Å²) < 4.78 is 12.0. The minimum absolute atomic E-state index is 0.104. The van der Waals surface area contributed by atoms with Gasteiger partial charge in [-0.05, 0) is 17.7 Å². The molecule has 7 nitrogen and oxygen atoms in total. The maximum absolute atomic E-state index is 11.7. The van der Waals surface area contributed by atoms with Crippen molar-refractivity contribution < 1.29 is 14.3 Å². The van der Waals surface area contributed by atoms with Crippen LogP contribution in [0.3, 0.4) is 0 Å². The zero-order valence-electron chi connectivity index (χ0n) is 13.1. The van der Waals surface area contributed by atoms with Crippen molar-refractivity contribution in [2.75, 3.05) is 19.7 Å². The van der Waals surface area contributed by atoms with Gasteiger partial charge in [-0.25, -0.2) is 4.68 Å². The first-order valence-corrected chi connectivity index (χ1v) is 7.68. The summed E-state index contributed by atoms with van der Waals surface area (Å²) in [6, 6.07) is 5.27. The summed E-state index contributed by atoms with van der Waals surface area (Å²) in [4.78, 5) is 13.8. The van der Waals surface area contributed by atoms with Gasteiger partial charge in [-0.15, -0.1) is 0 Å². The predicted octanol–water partition coefficient (Wildman–Crippen LogP) is 0.309. The van der Waals surface area contributed by atoms with E-state index in [1.54, 1.807) is 25.4 Å². The second-order valence-corrected chi connectivity index (χ2v) is 5.81. The van der Waals surface area contributed by atoms with E-state index in [0.717, 1.165) is 30.0 Å². The van der Waals surface area contributed by atoms with Crippen LogP contribution >= 0.6 is 0 Å². The monoisotopic (exact) mass is 319 g/mol. The third-order valence-corrected chi connectivity index (χ3v) is 3.92. The van der Waals surface area contributed by atoms with E-state index >= 15 is 0 Å². The van der Waals surface area contributed by atoms with Crippen LogP contribution in [0.2, 0.25) is 0 Å². The molecule has 2 aromatic rings. The van der Waals surface area contributed by atoms with Crippen molar-refractivity contribution in [3.8, 4) is 0 Å². The van der Waals surface area contributed by atoms with E-state index in [4.69, 9.17) is 9.15 Å². The third-order valence-electron chi connectivity index (χ3n) is 3.92. The van der Waals surface area contributed by atoms with Gasteiger partial charge in [0.25, 0.3) is 5.56 Å². The van der Waals surface area contributed by atoms with Crippen molar-refractivity contribution in [2.24, 2.45) is 7.05 Å². The number of hydrogen-bond donors (Lipinski definition) is 1. The molecule has 124 valence electrons. The fourth-order valence-electron chi connectivity index (χ4n) is 2.75. The van der Waals surface area contributed by atoms with Crippen molar-refractivity contribution in [3.05, 3.63) is 51.8 Å². The highest BCUT2D eigenvalue weighted by molar-refractivity contribution is 5.20. The molecule has 0 fully saturated rings. The summed E-state index contributed by atoms with van der Waals surface area (Å²) >= 11 is 0. The summed E-state index contributed by atoms with van der Waals surface area (Å²) in [6.45, 7) is 2.56. The van der Waals surface area contributed by atoms with E-state index in [1.165, 1.54) is 4.68 Å². The lowest BCUT2D eigenvalue weighted by atomic mass is 10.1. The van der Waals surface area contributed by atoms with Gasteiger partial charge < -0.3 is 14.3 Å². The first-order valence-electron chi connectivity index (χ1n) is 7.68.